The van der Waals surface area contributed by atoms with E-state index in [4.69, 9.17) is 11.6 Å². The number of thioether (sulfide) groups is 1. The molecule has 8 heteroatoms. The molecule has 0 bridgehead atoms. The number of nitrogens with zero attached hydrogens (tertiary/aromatic N) is 4. The number of benzene rings is 2. The lowest BCUT2D eigenvalue weighted by Crippen LogP contribution is -2.14. The summed E-state index contributed by atoms with van der Waals surface area (Å²) < 4.78 is 1.65. The van der Waals surface area contributed by atoms with Crippen molar-refractivity contribution < 1.29 is 4.79 Å². The summed E-state index contributed by atoms with van der Waals surface area (Å²) in [6, 6.07) is 13.0. The molecule has 0 unspecified atom stereocenters. The lowest BCUT2D eigenvalue weighted by atomic mass is 10.1. The van der Waals surface area contributed by atoms with Crippen LogP contribution in [0.25, 0.3) is 5.69 Å². The molecule has 25 heavy (non-hydrogen) atoms. The van der Waals surface area contributed by atoms with Gasteiger partial charge in [0, 0.05) is 10.7 Å². The van der Waals surface area contributed by atoms with Gasteiger partial charge in [0.05, 0.1) is 11.4 Å². The van der Waals surface area contributed by atoms with E-state index in [0.717, 1.165) is 16.8 Å². The number of amides is 1. The van der Waals surface area contributed by atoms with E-state index in [1.54, 1.807) is 28.9 Å². The number of rotatable bonds is 5. The quantitative estimate of drug-likeness (QED) is 0.691. The van der Waals surface area contributed by atoms with Gasteiger partial charge >= 0.3 is 0 Å². The van der Waals surface area contributed by atoms with E-state index in [-0.39, 0.29) is 11.7 Å². The Morgan fingerprint density at radius 3 is 2.84 bits per heavy atom. The molecule has 0 fully saturated rings. The first-order chi connectivity index (χ1) is 12.0. The molecular formula is C17H16ClN5OS. The number of aryl methyl sites for hydroxylation is 1. The van der Waals surface area contributed by atoms with Gasteiger partial charge in [-0.25, -0.2) is 0 Å². The Hall–Kier alpha value is -2.38. The van der Waals surface area contributed by atoms with Crippen molar-refractivity contribution in [2.75, 3.05) is 11.1 Å². The first-order valence-corrected chi connectivity index (χ1v) is 8.94. The number of carbonyl (C=O) groups excluding carboxylic acids is 1. The number of aromatic nitrogens is 4. The smallest absolute Gasteiger partial charge is 0.234 e. The lowest BCUT2D eigenvalue weighted by molar-refractivity contribution is -0.113. The molecule has 1 N–H and O–H groups in total. The number of anilines is 1. The van der Waals surface area contributed by atoms with Crippen molar-refractivity contribution >= 4 is 35.0 Å². The van der Waals surface area contributed by atoms with Crippen LogP contribution in [-0.4, -0.2) is 31.9 Å². The SMILES string of the molecule is Cc1cccc(-n2nnnc2SCC(=O)Nc2cccc(Cl)c2)c1C. The topological polar surface area (TPSA) is 72.7 Å². The van der Waals surface area contributed by atoms with E-state index in [9.17, 15) is 4.79 Å². The van der Waals surface area contributed by atoms with Gasteiger partial charge in [0.25, 0.3) is 0 Å². The molecule has 1 heterocycles. The van der Waals surface area contributed by atoms with Gasteiger partial charge in [0.15, 0.2) is 0 Å². The molecule has 0 atom stereocenters. The molecule has 3 aromatic rings. The highest BCUT2D eigenvalue weighted by molar-refractivity contribution is 7.99. The zero-order chi connectivity index (χ0) is 17.8. The number of hydrogen-bond donors (Lipinski definition) is 1. The van der Waals surface area contributed by atoms with Gasteiger partial charge in [0.2, 0.25) is 11.1 Å². The maximum Gasteiger partial charge on any atom is 0.234 e. The molecule has 0 saturated heterocycles. The molecule has 0 aliphatic heterocycles. The molecule has 128 valence electrons. The van der Waals surface area contributed by atoms with Gasteiger partial charge in [0.1, 0.15) is 0 Å². The second kappa shape index (κ2) is 7.67. The van der Waals surface area contributed by atoms with E-state index < -0.39 is 0 Å². The van der Waals surface area contributed by atoms with Crippen molar-refractivity contribution in [2.45, 2.75) is 19.0 Å². The summed E-state index contributed by atoms with van der Waals surface area (Å²) in [4.78, 5) is 12.1. The molecule has 6 nitrogen and oxygen atoms in total. The van der Waals surface area contributed by atoms with E-state index in [1.165, 1.54) is 11.8 Å². The molecular weight excluding hydrogens is 358 g/mol. The molecule has 0 aliphatic carbocycles. The highest BCUT2D eigenvalue weighted by Gasteiger charge is 2.14. The molecule has 1 amide bonds. The number of carbonyl (C=O) groups is 1. The third kappa shape index (κ3) is 4.18. The van der Waals surface area contributed by atoms with Gasteiger partial charge in [-0.15, -0.1) is 5.10 Å². The maximum absolute atomic E-state index is 12.1. The van der Waals surface area contributed by atoms with Gasteiger partial charge in [-0.3, -0.25) is 4.79 Å². The van der Waals surface area contributed by atoms with Crippen LogP contribution in [0.3, 0.4) is 0 Å². The second-order valence-electron chi connectivity index (χ2n) is 5.44. The fourth-order valence-electron chi connectivity index (χ4n) is 2.28. The van der Waals surface area contributed by atoms with Gasteiger partial charge < -0.3 is 5.32 Å². The summed E-state index contributed by atoms with van der Waals surface area (Å²) >= 11 is 7.19. The molecule has 0 radical (unpaired) electrons. The van der Waals surface area contributed by atoms with E-state index >= 15 is 0 Å². The lowest BCUT2D eigenvalue weighted by Gasteiger charge is -2.09. The molecule has 2 aromatic carbocycles. The van der Waals surface area contributed by atoms with Crippen LogP contribution in [-0.2, 0) is 4.79 Å². The maximum atomic E-state index is 12.1. The predicted octanol–water partition coefficient (Wildman–Crippen LogP) is 3.66. The Morgan fingerprint density at radius 2 is 2.04 bits per heavy atom. The Bertz CT molecular complexity index is 912. The number of halogens is 1. The van der Waals surface area contributed by atoms with Crippen LogP contribution < -0.4 is 5.32 Å². The zero-order valence-corrected chi connectivity index (χ0v) is 15.3. The molecule has 0 aliphatic rings. The minimum Gasteiger partial charge on any atom is -0.325 e. The Labute approximate surface area is 154 Å². The van der Waals surface area contributed by atoms with Crippen molar-refractivity contribution in [3.63, 3.8) is 0 Å². The van der Waals surface area contributed by atoms with Gasteiger partial charge in [-0.2, -0.15) is 4.68 Å². The zero-order valence-electron chi connectivity index (χ0n) is 13.7. The number of nitrogens with one attached hydrogen (secondary N) is 1. The summed E-state index contributed by atoms with van der Waals surface area (Å²) in [5.74, 6) is 0.0420. The van der Waals surface area contributed by atoms with Crippen LogP contribution in [0.15, 0.2) is 47.6 Å². The van der Waals surface area contributed by atoms with Crippen molar-refractivity contribution in [1.82, 2.24) is 20.2 Å². The average Bonchev–Trinajstić information content (AvgIpc) is 3.04. The average molecular weight is 374 g/mol. The first kappa shape index (κ1) is 17.4. The highest BCUT2D eigenvalue weighted by atomic mass is 35.5. The molecule has 1 aromatic heterocycles. The normalized spacial score (nSPS) is 10.7. The van der Waals surface area contributed by atoms with Gasteiger partial charge in [-0.1, -0.05) is 41.6 Å². The summed E-state index contributed by atoms with van der Waals surface area (Å²) in [6.07, 6.45) is 0. The summed E-state index contributed by atoms with van der Waals surface area (Å²) in [7, 11) is 0. The van der Waals surface area contributed by atoms with Crippen LogP contribution in [0.5, 0.6) is 0 Å². The third-order valence-electron chi connectivity index (χ3n) is 3.69. The summed E-state index contributed by atoms with van der Waals surface area (Å²) in [6.45, 7) is 4.06. The van der Waals surface area contributed by atoms with Crippen LogP contribution in [0, 0.1) is 13.8 Å². The largest absolute Gasteiger partial charge is 0.325 e. The highest BCUT2D eigenvalue weighted by Crippen LogP contribution is 2.22. The van der Waals surface area contributed by atoms with E-state index in [2.05, 4.69) is 20.8 Å². The Balaban J connectivity index is 1.69. The van der Waals surface area contributed by atoms with E-state index in [0.29, 0.717) is 15.9 Å². The van der Waals surface area contributed by atoms with E-state index in [1.807, 2.05) is 32.0 Å². The minimum atomic E-state index is -0.150. The number of tetrazole rings is 1. The summed E-state index contributed by atoms with van der Waals surface area (Å²) in [5, 5.41) is 15.7. The summed E-state index contributed by atoms with van der Waals surface area (Å²) in [5.41, 5.74) is 3.82. The Kier molecular flexibility index (Phi) is 5.35. The molecule has 0 saturated carbocycles. The minimum absolute atomic E-state index is 0.150. The number of hydrogen-bond acceptors (Lipinski definition) is 5. The van der Waals surface area contributed by atoms with Crippen LogP contribution in [0.4, 0.5) is 5.69 Å². The van der Waals surface area contributed by atoms with Crippen LogP contribution in [0.1, 0.15) is 11.1 Å². The van der Waals surface area contributed by atoms with Crippen molar-refractivity contribution in [1.29, 1.82) is 0 Å². The molecule has 3 rings (SSSR count). The van der Waals surface area contributed by atoms with Crippen LogP contribution in [0.2, 0.25) is 5.02 Å². The third-order valence-corrected chi connectivity index (χ3v) is 4.84. The fraction of sp³-hybridized carbons (Fsp3) is 0.176. The Morgan fingerprint density at radius 1 is 1.24 bits per heavy atom. The van der Waals surface area contributed by atoms with Crippen molar-refractivity contribution in [3.05, 3.63) is 58.6 Å². The second-order valence-corrected chi connectivity index (χ2v) is 6.82. The van der Waals surface area contributed by atoms with Crippen molar-refractivity contribution in [3.8, 4) is 5.69 Å². The molecule has 0 spiro atoms. The standard InChI is InChI=1S/C17H16ClN5OS/c1-11-5-3-8-15(12(11)2)23-17(20-21-22-23)25-10-16(24)19-14-7-4-6-13(18)9-14/h3-9H,10H2,1-2H3,(H,19,24). The fourth-order valence-corrected chi connectivity index (χ4v) is 3.15. The first-order valence-electron chi connectivity index (χ1n) is 7.58. The van der Waals surface area contributed by atoms with Crippen LogP contribution >= 0.6 is 23.4 Å². The monoisotopic (exact) mass is 373 g/mol. The van der Waals surface area contributed by atoms with Crippen molar-refractivity contribution in [2.24, 2.45) is 0 Å². The van der Waals surface area contributed by atoms with Gasteiger partial charge in [-0.05, 0) is 59.7 Å². The predicted molar refractivity (Wildman–Crippen MR) is 99.4 cm³/mol.